The first-order chi connectivity index (χ1) is 5.68. The molecule has 2 nitrogen and oxygen atoms in total. The molecule has 0 aromatic carbocycles. The number of hydrogen-bond donors (Lipinski definition) is 0. The van der Waals surface area contributed by atoms with Crippen LogP contribution in [0.5, 0.6) is 0 Å². The van der Waals surface area contributed by atoms with Gasteiger partial charge in [-0.3, -0.25) is 4.79 Å². The van der Waals surface area contributed by atoms with E-state index in [0.29, 0.717) is 0 Å². The van der Waals surface area contributed by atoms with Crippen molar-refractivity contribution in [2.75, 3.05) is 13.1 Å². The Morgan fingerprint density at radius 1 is 1.50 bits per heavy atom. The van der Waals surface area contributed by atoms with Gasteiger partial charge < -0.3 is 4.90 Å². The van der Waals surface area contributed by atoms with Crippen LogP contribution in [0.4, 0.5) is 0 Å². The summed E-state index contributed by atoms with van der Waals surface area (Å²) in [7, 11) is 0. The van der Waals surface area contributed by atoms with Crippen LogP contribution in [-0.4, -0.2) is 23.9 Å². The minimum atomic E-state index is 0.205. The molecule has 2 heterocycles. The molecule has 0 radical (unpaired) electrons. The highest BCUT2D eigenvalue weighted by molar-refractivity contribution is 7.14. The van der Waals surface area contributed by atoms with Gasteiger partial charge in [-0.2, -0.15) is 0 Å². The summed E-state index contributed by atoms with van der Waals surface area (Å²) in [6.07, 6.45) is 0. The third kappa shape index (κ3) is 1.25. The quantitative estimate of drug-likeness (QED) is 0.605. The van der Waals surface area contributed by atoms with E-state index in [1.54, 1.807) is 11.3 Å². The van der Waals surface area contributed by atoms with Gasteiger partial charge >= 0.3 is 0 Å². The van der Waals surface area contributed by atoms with Gasteiger partial charge in [-0.05, 0) is 25.5 Å². The lowest BCUT2D eigenvalue weighted by Crippen LogP contribution is -2.07. The maximum atomic E-state index is 11.5. The Balaban J connectivity index is 2.27. The molecule has 1 aromatic heterocycles. The van der Waals surface area contributed by atoms with E-state index < -0.39 is 0 Å². The number of thiophene rings is 1. The topological polar surface area (TPSA) is 20.1 Å². The van der Waals surface area contributed by atoms with Crippen LogP contribution in [0.25, 0.3) is 0 Å². The molecule has 0 aliphatic carbocycles. The predicted molar refractivity (Wildman–Crippen MR) is 49.7 cm³/mol. The zero-order valence-corrected chi connectivity index (χ0v) is 8.07. The second-order valence-electron chi connectivity index (χ2n) is 3.14. The molecule has 1 saturated heterocycles. The summed E-state index contributed by atoms with van der Waals surface area (Å²) in [5.74, 6) is 0.205. The first-order valence-corrected chi connectivity index (χ1v) is 4.86. The molecule has 3 heteroatoms. The SMILES string of the molecule is Cc1cc(C(=O)N2CC2)sc1C. The molecule has 2 rings (SSSR count). The molecule has 1 aliphatic heterocycles. The minimum absolute atomic E-state index is 0.205. The molecule has 1 amide bonds. The van der Waals surface area contributed by atoms with E-state index >= 15 is 0 Å². The summed E-state index contributed by atoms with van der Waals surface area (Å²) in [6.45, 7) is 5.98. The van der Waals surface area contributed by atoms with E-state index in [0.717, 1.165) is 18.0 Å². The molecule has 64 valence electrons. The van der Waals surface area contributed by atoms with Gasteiger partial charge in [0.1, 0.15) is 0 Å². The van der Waals surface area contributed by atoms with Crippen molar-refractivity contribution in [1.82, 2.24) is 4.90 Å². The van der Waals surface area contributed by atoms with Crippen LogP contribution in [0.2, 0.25) is 0 Å². The van der Waals surface area contributed by atoms with Gasteiger partial charge in [0.25, 0.3) is 5.91 Å². The molecular formula is C9H11NOS. The molecule has 0 spiro atoms. The zero-order valence-electron chi connectivity index (χ0n) is 7.26. The Kier molecular flexibility index (Phi) is 1.68. The summed E-state index contributed by atoms with van der Waals surface area (Å²) in [4.78, 5) is 15.5. The van der Waals surface area contributed by atoms with Crippen LogP contribution in [0.1, 0.15) is 20.1 Å². The fourth-order valence-corrected chi connectivity index (χ4v) is 2.09. The number of amides is 1. The van der Waals surface area contributed by atoms with Crippen molar-refractivity contribution < 1.29 is 4.79 Å². The van der Waals surface area contributed by atoms with Crippen LogP contribution < -0.4 is 0 Å². The lowest BCUT2D eigenvalue weighted by atomic mass is 10.3. The van der Waals surface area contributed by atoms with Crippen molar-refractivity contribution in [2.24, 2.45) is 0 Å². The normalized spacial score (nSPS) is 15.0. The molecule has 0 unspecified atom stereocenters. The second kappa shape index (κ2) is 2.59. The molecule has 1 aromatic rings. The van der Waals surface area contributed by atoms with Gasteiger partial charge in [-0.1, -0.05) is 0 Å². The van der Waals surface area contributed by atoms with Gasteiger partial charge in [0.15, 0.2) is 0 Å². The summed E-state index contributed by atoms with van der Waals surface area (Å²) in [6, 6.07) is 1.99. The third-order valence-corrected chi connectivity index (χ3v) is 3.25. The predicted octanol–water partition coefficient (Wildman–Crippen LogP) is 1.82. The first kappa shape index (κ1) is 7.80. The molecule has 0 atom stereocenters. The summed E-state index contributed by atoms with van der Waals surface area (Å²) >= 11 is 1.60. The standard InChI is InChI=1S/C9H11NOS/c1-6-5-8(12-7(6)2)9(11)10-3-4-10/h5H,3-4H2,1-2H3. The fraction of sp³-hybridized carbons (Fsp3) is 0.444. The number of nitrogens with zero attached hydrogens (tertiary/aromatic N) is 1. The van der Waals surface area contributed by atoms with Gasteiger partial charge in [-0.15, -0.1) is 11.3 Å². The third-order valence-electron chi connectivity index (χ3n) is 2.11. The Labute approximate surface area is 75.8 Å². The largest absolute Gasteiger partial charge is 0.334 e. The molecule has 1 aliphatic rings. The maximum Gasteiger partial charge on any atom is 0.264 e. The van der Waals surface area contributed by atoms with Crippen molar-refractivity contribution in [1.29, 1.82) is 0 Å². The Morgan fingerprint density at radius 3 is 2.58 bits per heavy atom. The molecule has 1 fully saturated rings. The monoisotopic (exact) mass is 181 g/mol. The number of rotatable bonds is 1. The van der Waals surface area contributed by atoms with E-state index in [-0.39, 0.29) is 5.91 Å². The van der Waals surface area contributed by atoms with Gasteiger partial charge in [0.2, 0.25) is 0 Å². The summed E-state index contributed by atoms with van der Waals surface area (Å²) < 4.78 is 0. The van der Waals surface area contributed by atoms with Crippen molar-refractivity contribution in [2.45, 2.75) is 13.8 Å². The van der Waals surface area contributed by atoms with Crippen molar-refractivity contribution in [3.8, 4) is 0 Å². The van der Waals surface area contributed by atoms with E-state index in [1.165, 1.54) is 10.4 Å². The van der Waals surface area contributed by atoms with Crippen molar-refractivity contribution >= 4 is 17.2 Å². The average Bonchev–Trinajstić information content (AvgIpc) is 2.80. The fourth-order valence-electron chi connectivity index (χ4n) is 1.09. The maximum absolute atomic E-state index is 11.5. The van der Waals surface area contributed by atoms with Crippen molar-refractivity contribution in [3.63, 3.8) is 0 Å². The number of carbonyl (C=O) groups excluding carboxylic acids is 1. The minimum Gasteiger partial charge on any atom is -0.334 e. The van der Waals surface area contributed by atoms with Gasteiger partial charge in [0.05, 0.1) is 4.88 Å². The van der Waals surface area contributed by atoms with Crippen LogP contribution in [0.3, 0.4) is 0 Å². The number of hydrogen-bond acceptors (Lipinski definition) is 2. The Hall–Kier alpha value is -0.830. The van der Waals surface area contributed by atoms with Crippen LogP contribution >= 0.6 is 11.3 Å². The molecule has 0 bridgehead atoms. The van der Waals surface area contributed by atoms with Crippen molar-refractivity contribution in [3.05, 3.63) is 21.4 Å². The van der Waals surface area contributed by atoms with E-state index in [1.807, 2.05) is 17.9 Å². The number of carbonyl (C=O) groups is 1. The highest BCUT2D eigenvalue weighted by Gasteiger charge is 2.26. The molecule has 12 heavy (non-hydrogen) atoms. The van der Waals surface area contributed by atoms with E-state index in [2.05, 4.69) is 6.92 Å². The Morgan fingerprint density at radius 2 is 2.17 bits per heavy atom. The lowest BCUT2D eigenvalue weighted by Gasteiger charge is -1.94. The highest BCUT2D eigenvalue weighted by Crippen LogP contribution is 2.23. The smallest absolute Gasteiger partial charge is 0.264 e. The summed E-state index contributed by atoms with van der Waals surface area (Å²) in [5.41, 5.74) is 1.23. The summed E-state index contributed by atoms with van der Waals surface area (Å²) in [5, 5.41) is 0. The number of aryl methyl sites for hydroxylation is 2. The van der Waals surface area contributed by atoms with E-state index in [9.17, 15) is 4.79 Å². The zero-order chi connectivity index (χ0) is 8.72. The lowest BCUT2D eigenvalue weighted by molar-refractivity contribution is 0.0890. The Bertz CT molecular complexity index is 306. The van der Waals surface area contributed by atoms with Gasteiger partial charge in [0, 0.05) is 18.0 Å². The van der Waals surface area contributed by atoms with E-state index in [4.69, 9.17) is 0 Å². The van der Waals surface area contributed by atoms with Gasteiger partial charge in [-0.25, -0.2) is 0 Å². The molecule has 0 saturated carbocycles. The van der Waals surface area contributed by atoms with Crippen LogP contribution in [-0.2, 0) is 0 Å². The van der Waals surface area contributed by atoms with Crippen LogP contribution in [0, 0.1) is 13.8 Å². The molecule has 0 N–H and O–H groups in total. The average molecular weight is 181 g/mol. The first-order valence-electron chi connectivity index (χ1n) is 4.05. The second-order valence-corrected chi connectivity index (χ2v) is 4.40. The van der Waals surface area contributed by atoms with Crippen LogP contribution in [0.15, 0.2) is 6.07 Å². The highest BCUT2D eigenvalue weighted by atomic mass is 32.1. The molecular weight excluding hydrogens is 170 g/mol.